The number of nitrogens with zero attached hydrogens (tertiary/aromatic N) is 1. The maximum Gasteiger partial charge on any atom is 0.340 e. The SMILES string of the molecule is Cc1ncc(N)cc1C(=O)OCc1cccc(C(N)=O)c1. The molecule has 6 heteroatoms. The molecule has 6 nitrogen and oxygen atoms in total. The summed E-state index contributed by atoms with van der Waals surface area (Å²) >= 11 is 0. The molecule has 1 aromatic carbocycles. The van der Waals surface area contributed by atoms with Crippen molar-refractivity contribution in [3.8, 4) is 0 Å². The van der Waals surface area contributed by atoms with E-state index < -0.39 is 11.9 Å². The molecule has 0 saturated heterocycles. The summed E-state index contributed by atoms with van der Waals surface area (Å²) in [6, 6.07) is 8.12. The van der Waals surface area contributed by atoms with Crippen LogP contribution in [0.25, 0.3) is 0 Å². The van der Waals surface area contributed by atoms with E-state index in [2.05, 4.69) is 4.98 Å². The Kier molecular flexibility index (Phi) is 4.18. The van der Waals surface area contributed by atoms with Crippen LogP contribution in [0.1, 0.15) is 32.0 Å². The van der Waals surface area contributed by atoms with E-state index in [4.69, 9.17) is 16.2 Å². The summed E-state index contributed by atoms with van der Waals surface area (Å²) in [5.74, 6) is -1.05. The zero-order chi connectivity index (χ0) is 15.4. The monoisotopic (exact) mass is 285 g/mol. The lowest BCUT2D eigenvalue weighted by atomic mass is 10.1. The Bertz CT molecular complexity index is 698. The molecule has 21 heavy (non-hydrogen) atoms. The highest BCUT2D eigenvalue weighted by atomic mass is 16.5. The fourth-order valence-corrected chi connectivity index (χ4v) is 1.80. The van der Waals surface area contributed by atoms with Crippen LogP contribution in [0.4, 0.5) is 5.69 Å². The van der Waals surface area contributed by atoms with Crippen molar-refractivity contribution in [2.45, 2.75) is 13.5 Å². The van der Waals surface area contributed by atoms with E-state index in [-0.39, 0.29) is 6.61 Å². The van der Waals surface area contributed by atoms with Gasteiger partial charge in [-0.05, 0) is 30.7 Å². The lowest BCUT2D eigenvalue weighted by Crippen LogP contribution is -2.12. The average Bonchev–Trinajstić information content (AvgIpc) is 2.47. The minimum atomic E-state index is -0.529. The van der Waals surface area contributed by atoms with Crippen molar-refractivity contribution in [2.75, 3.05) is 5.73 Å². The third kappa shape index (κ3) is 3.56. The third-order valence-electron chi connectivity index (χ3n) is 2.91. The van der Waals surface area contributed by atoms with Crippen molar-refractivity contribution in [3.63, 3.8) is 0 Å². The first-order valence-corrected chi connectivity index (χ1v) is 6.25. The van der Waals surface area contributed by atoms with Gasteiger partial charge < -0.3 is 16.2 Å². The zero-order valence-corrected chi connectivity index (χ0v) is 11.5. The van der Waals surface area contributed by atoms with Gasteiger partial charge in [0.05, 0.1) is 23.1 Å². The fourth-order valence-electron chi connectivity index (χ4n) is 1.80. The number of carbonyl (C=O) groups excluding carboxylic acids is 2. The maximum atomic E-state index is 12.0. The maximum absolute atomic E-state index is 12.0. The Morgan fingerprint density at radius 2 is 2.05 bits per heavy atom. The van der Waals surface area contributed by atoms with E-state index in [1.165, 1.54) is 12.3 Å². The number of nitrogens with two attached hydrogens (primary N) is 2. The zero-order valence-electron chi connectivity index (χ0n) is 11.5. The molecule has 0 saturated carbocycles. The number of rotatable bonds is 4. The number of hydrogen-bond donors (Lipinski definition) is 2. The quantitative estimate of drug-likeness (QED) is 0.826. The molecule has 1 amide bonds. The summed E-state index contributed by atoms with van der Waals surface area (Å²) in [6.07, 6.45) is 1.47. The Morgan fingerprint density at radius 3 is 2.76 bits per heavy atom. The normalized spacial score (nSPS) is 10.1. The molecule has 0 spiro atoms. The first-order chi connectivity index (χ1) is 9.97. The number of primary amides is 1. The molecule has 0 aliphatic rings. The molecule has 1 heterocycles. The van der Waals surface area contributed by atoms with Crippen LogP contribution in [0.15, 0.2) is 36.5 Å². The summed E-state index contributed by atoms with van der Waals surface area (Å²) in [7, 11) is 0. The highest BCUT2D eigenvalue weighted by molar-refractivity contribution is 5.93. The van der Waals surface area contributed by atoms with Crippen LogP contribution in [-0.2, 0) is 11.3 Å². The molecule has 1 aromatic heterocycles. The number of amides is 1. The molecule has 2 rings (SSSR count). The second kappa shape index (κ2) is 6.04. The molecule has 0 radical (unpaired) electrons. The molecule has 108 valence electrons. The average molecular weight is 285 g/mol. The van der Waals surface area contributed by atoms with Gasteiger partial charge in [0.1, 0.15) is 6.61 Å². The van der Waals surface area contributed by atoms with Crippen LogP contribution >= 0.6 is 0 Å². The summed E-state index contributed by atoms with van der Waals surface area (Å²) in [6.45, 7) is 1.73. The topological polar surface area (TPSA) is 108 Å². The van der Waals surface area contributed by atoms with E-state index in [9.17, 15) is 9.59 Å². The van der Waals surface area contributed by atoms with Crippen LogP contribution in [0, 0.1) is 6.92 Å². The van der Waals surface area contributed by atoms with Gasteiger partial charge in [-0.15, -0.1) is 0 Å². The van der Waals surface area contributed by atoms with E-state index in [1.54, 1.807) is 31.2 Å². The van der Waals surface area contributed by atoms with Crippen molar-refractivity contribution in [1.82, 2.24) is 4.98 Å². The summed E-state index contributed by atoms with van der Waals surface area (Å²) in [5, 5.41) is 0. The highest BCUT2D eigenvalue weighted by Crippen LogP contribution is 2.13. The predicted octanol–water partition coefficient (Wildman–Crippen LogP) is 1.43. The van der Waals surface area contributed by atoms with E-state index in [0.717, 1.165) is 0 Å². The molecular weight excluding hydrogens is 270 g/mol. The molecule has 0 bridgehead atoms. The van der Waals surface area contributed by atoms with Gasteiger partial charge in [0, 0.05) is 5.56 Å². The van der Waals surface area contributed by atoms with Crippen molar-refractivity contribution in [2.24, 2.45) is 5.73 Å². The Morgan fingerprint density at radius 1 is 1.29 bits per heavy atom. The van der Waals surface area contributed by atoms with Crippen molar-refractivity contribution in [3.05, 3.63) is 58.9 Å². The Balaban J connectivity index is 2.09. The predicted molar refractivity (Wildman–Crippen MR) is 77.5 cm³/mol. The minimum Gasteiger partial charge on any atom is -0.457 e. The first kappa shape index (κ1) is 14.5. The van der Waals surface area contributed by atoms with E-state index in [1.807, 2.05) is 0 Å². The van der Waals surface area contributed by atoms with Crippen LogP contribution in [0.3, 0.4) is 0 Å². The Labute approximate surface area is 121 Å². The highest BCUT2D eigenvalue weighted by Gasteiger charge is 2.12. The largest absolute Gasteiger partial charge is 0.457 e. The van der Waals surface area contributed by atoms with Gasteiger partial charge >= 0.3 is 5.97 Å². The molecule has 4 N–H and O–H groups in total. The van der Waals surface area contributed by atoms with Crippen molar-refractivity contribution >= 4 is 17.6 Å². The second-order valence-corrected chi connectivity index (χ2v) is 4.54. The molecule has 0 aliphatic heterocycles. The van der Waals surface area contributed by atoms with E-state index >= 15 is 0 Å². The number of nitrogen functional groups attached to an aromatic ring is 1. The van der Waals surface area contributed by atoms with E-state index in [0.29, 0.717) is 28.1 Å². The minimum absolute atomic E-state index is 0.0359. The number of carbonyl (C=O) groups is 2. The van der Waals surface area contributed by atoms with Gasteiger partial charge in [-0.1, -0.05) is 12.1 Å². The molecule has 0 unspecified atom stereocenters. The van der Waals surface area contributed by atoms with Gasteiger partial charge in [0.2, 0.25) is 5.91 Å². The number of anilines is 1. The van der Waals surface area contributed by atoms with Gasteiger partial charge in [-0.2, -0.15) is 0 Å². The van der Waals surface area contributed by atoms with Crippen LogP contribution < -0.4 is 11.5 Å². The second-order valence-electron chi connectivity index (χ2n) is 4.54. The Hall–Kier alpha value is -2.89. The standard InChI is InChI=1S/C15H15N3O3/c1-9-13(6-12(16)7-18-9)15(20)21-8-10-3-2-4-11(5-10)14(17)19/h2-7H,8,16H2,1H3,(H2,17,19). The molecular formula is C15H15N3O3. The molecule has 0 aliphatic carbocycles. The number of pyridine rings is 1. The van der Waals surface area contributed by atoms with Gasteiger partial charge in [0.25, 0.3) is 0 Å². The lowest BCUT2D eigenvalue weighted by molar-refractivity contribution is 0.0471. The number of benzene rings is 1. The fraction of sp³-hybridized carbons (Fsp3) is 0.133. The summed E-state index contributed by atoms with van der Waals surface area (Å²) in [5.41, 5.74) is 13.1. The summed E-state index contributed by atoms with van der Waals surface area (Å²) < 4.78 is 5.20. The van der Waals surface area contributed by atoms with Crippen LogP contribution in [-0.4, -0.2) is 16.9 Å². The van der Waals surface area contributed by atoms with Gasteiger partial charge in [-0.3, -0.25) is 9.78 Å². The van der Waals surface area contributed by atoms with Crippen molar-refractivity contribution < 1.29 is 14.3 Å². The lowest BCUT2D eigenvalue weighted by Gasteiger charge is -2.08. The number of aromatic nitrogens is 1. The number of hydrogen-bond acceptors (Lipinski definition) is 5. The number of aryl methyl sites for hydroxylation is 1. The first-order valence-electron chi connectivity index (χ1n) is 6.25. The third-order valence-corrected chi connectivity index (χ3v) is 2.91. The van der Waals surface area contributed by atoms with Gasteiger partial charge in [0.15, 0.2) is 0 Å². The van der Waals surface area contributed by atoms with Crippen molar-refractivity contribution in [1.29, 1.82) is 0 Å². The van der Waals surface area contributed by atoms with Crippen LogP contribution in [0.5, 0.6) is 0 Å². The smallest absolute Gasteiger partial charge is 0.340 e. The molecule has 0 fully saturated rings. The molecule has 0 atom stereocenters. The number of esters is 1. The molecule has 2 aromatic rings. The number of ether oxygens (including phenoxy) is 1. The summed E-state index contributed by atoms with van der Waals surface area (Å²) in [4.78, 5) is 27.1. The van der Waals surface area contributed by atoms with Crippen LogP contribution in [0.2, 0.25) is 0 Å². The van der Waals surface area contributed by atoms with Gasteiger partial charge in [-0.25, -0.2) is 4.79 Å².